The number of hydrogen-bond acceptors (Lipinski definition) is 4. The van der Waals surface area contributed by atoms with E-state index in [1.807, 2.05) is 18.2 Å². The van der Waals surface area contributed by atoms with Crippen molar-refractivity contribution in [3.8, 4) is 0 Å². The van der Waals surface area contributed by atoms with Crippen LogP contribution in [0, 0.1) is 23.7 Å². The highest BCUT2D eigenvalue weighted by Crippen LogP contribution is 2.53. The summed E-state index contributed by atoms with van der Waals surface area (Å²) in [7, 11) is 0. The van der Waals surface area contributed by atoms with Crippen LogP contribution in [0.1, 0.15) is 60.6 Å². The number of pyridine rings is 2. The Labute approximate surface area is 183 Å². The maximum Gasteiger partial charge on any atom is 0.261 e. The van der Waals surface area contributed by atoms with Gasteiger partial charge in [0.15, 0.2) is 0 Å². The van der Waals surface area contributed by atoms with E-state index in [0.29, 0.717) is 18.4 Å². The molecule has 164 valence electrons. The van der Waals surface area contributed by atoms with Crippen molar-refractivity contribution in [1.29, 1.82) is 0 Å². The molecule has 0 unspecified atom stereocenters. The van der Waals surface area contributed by atoms with Gasteiger partial charge in [0.2, 0.25) is 0 Å². The fourth-order valence-electron chi connectivity index (χ4n) is 6.44. The van der Waals surface area contributed by atoms with Gasteiger partial charge in [-0.2, -0.15) is 0 Å². The van der Waals surface area contributed by atoms with Crippen LogP contribution in [0.5, 0.6) is 0 Å². The van der Waals surface area contributed by atoms with Crippen LogP contribution in [0.15, 0.2) is 41.5 Å². The fraction of sp³-hybridized carbons (Fsp3) is 0.560. The molecule has 4 aliphatic carbocycles. The Balaban J connectivity index is 1.24. The minimum absolute atomic E-state index is 0.214. The highest BCUT2D eigenvalue weighted by molar-refractivity contribution is 5.94. The van der Waals surface area contributed by atoms with Crippen LogP contribution < -0.4 is 10.9 Å². The number of aromatic nitrogens is 2. The van der Waals surface area contributed by atoms with Gasteiger partial charge in [-0.05, 0) is 92.1 Å². The lowest BCUT2D eigenvalue weighted by atomic mass is 9.54. The number of aromatic amines is 1. The molecule has 6 nitrogen and oxygen atoms in total. The number of nitrogens with zero attached hydrogens (tertiary/aromatic N) is 2. The molecule has 6 heteroatoms. The second kappa shape index (κ2) is 8.58. The Morgan fingerprint density at radius 1 is 1.03 bits per heavy atom. The first-order valence-corrected chi connectivity index (χ1v) is 11.7. The standard InChI is InChI=1S/C25H32N4O2/c1-2-29(14-16-5-7-26-8-6-16)15-21-3-4-22(24(30)27-21)25(31)28-23-19-10-17-9-18(12-19)13-20(23)11-17/h3-8,17-20,23H,2,9-15H2,1H3,(H,27,30)(H,28,31). The van der Waals surface area contributed by atoms with Crippen LogP contribution >= 0.6 is 0 Å². The predicted octanol–water partition coefficient (Wildman–Crippen LogP) is 3.35. The van der Waals surface area contributed by atoms with E-state index in [4.69, 9.17) is 0 Å². The third kappa shape index (κ3) is 4.31. The molecule has 0 aliphatic heterocycles. The maximum atomic E-state index is 12.9. The van der Waals surface area contributed by atoms with Gasteiger partial charge in [-0.15, -0.1) is 0 Å². The minimum atomic E-state index is -0.293. The Morgan fingerprint density at radius 2 is 1.71 bits per heavy atom. The van der Waals surface area contributed by atoms with Gasteiger partial charge < -0.3 is 10.3 Å². The van der Waals surface area contributed by atoms with Crippen LogP contribution in [0.4, 0.5) is 0 Å². The molecule has 4 saturated carbocycles. The highest BCUT2D eigenvalue weighted by Gasteiger charge is 2.48. The number of carbonyl (C=O) groups is 1. The van der Waals surface area contributed by atoms with Crippen LogP contribution in [-0.4, -0.2) is 33.4 Å². The van der Waals surface area contributed by atoms with Gasteiger partial charge in [0.1, 0.15) is 5.56 Å². The van der Waals surface area contributed by atoms with Crippen LogP contribution in [0.3, 0.4) is 0 Å². The van der Waals surface area contributed by atoms with Crippen molar-refractivity contribution in [1.82, 2.24) is 20.2 Å². The fourth-order valence-corrected chi connectivity index (χ4v) is 6.44. The van der Waals surface area contributed by atoms with Gasteiger partial charge in [0.25, 0.3) is 11.5 Å². The Kier molecular flexibility index (Phi) is 5.65. The molecule has 0 radical (unpaired) electrons. The summed E-state index contributed by atoms with van der Waals surface area (Å²) in [5.74, 6) is 2.73. The summed E-state index contributed by atoms with van der Waals surface area (Å²) in [5.41, 5.74) is 1.95. The third-order valence-corrected chi connectivity index (χ3v) is 7.74. The van der Waals surface area contributed by atoms with E-state index in [0.717, 1.165) is 30.6 Å². The van der Waals surface area contributed by atoms with Gasteiger partial charge in [-0.3, -0.25) is 19.5 Å². The van der Waals surface area contributed by atoms with Gasteiger partial charge in [-0.1, -0.05) is 6.92 Å². The number of carbonyl (C=O) groups excluding carboxylic acids is 1. The lowest BCUT2D eigenvalue weighted by Crippen LogP contribution is -2.56. The summed E-state index contributed by atoms with van der Waals surface area (Å²) in [5, 5.41) is 3.25. The van der Waals surface area contributed by atoms with Crippen LogP contribution in [0.25, 0.3) is 0 Å². The maximum absolute atomic E-state index is 12.9. The number of rotatable bonds is 7. The smallest absolute Gasteiger partial charge is 0.261 e. The number of amides is 1. The van der Waals surface area contributed by atoms with Crippen molar-refractivity contribution < 1.29 is 4.79 Å². The lowest BCUT2D eigenvalue weighted by Gasteiger charge is -2.54. The number of hydrogen-bond donors (Lipinski definition) is 2. The topological polar surface area (TPSA) is 78.1 Å². The minimum Gasteiger partial charge on any atom is -0.349 e. The molecule has 0 saturated heterocycles. The molecule has 4 aliphatic rings. The molecule has 0 spiro atoms. The van der Waals surface area contributed by atoms with E-state index in [-0.39, 0.29) is 23.1 Å². The van der Waals surface area contributed by atoms with Crippen molar-refractivity contribution in [2.24, 2.45) is 23.7 Å². The summed E-state index contributed by atoms with van der Waals surface area (Å²) in [6.07, 6.45) is 9.97. The highest BCUT2D eigenvalue weighted by atomic mass is 16.2. The Hall–Kier alpha value is -2.47. The predicted molar refractivity (Wildman–Crippen MR) is 119 cm³/mol. The van der Waals surface area contributed by atoms with E-state index in [1.54, 1.807) is 18.5 Å². The largest absolute Gasteiger partial charge is 0.349 e. The van der Waals surface area contributed by atoms with E-state index in [1.165, 1.54) is 37.7 Å². The summed E-state index contributed by atoms with van der Waals surface area (Å²) in [6.45, 7) is 4.38. The van der Waals surface area contributed by atoms with Crippen LogP contribution in [-0.2, 0) is 13.1 Å². The Bertz CT molecular complexity index is 959. The first kappa shape index (κ1) is 20.4. The molecule has 6 rings (SSSR count). The lowest BCUT2D eigenvalue weighted by molar-refractivity contribution is -0.0119. The monoisotopic (exact) mass is 420 g/mol. The van der Waals surface area contributed by atoms with E-state index >= 15 is 0 Å². The van der Waals surface area contributed by atoms with Crippen molar-refractivity contribution in [2.45, 2.75) is 58.2 Å². The quantitative estimate of drug-likeness (QED) is 0.720. The summed E-state index contributed by atoms with van der Waals surface area (Å²) >= 11 is 0. The first-order chi connectivity index (χ1) is 15.1. The zero-order chi connectivity index (χ0) is 21.4. The van der Waals surface area contributed by atoms with E-state index < -0.39 is 0 Å². The zero-order valence-electron chi connectivity index (χ0n) is 18.2. The summed E-state index contributed by atoms with van der Waals surface area (Å²) in [6, 6.07) is 7.82. The first-order valence-electron chi connectivity index (χ1n) is 11.7. The molecule has 2 heterocycles. The number of H-pyrrole nitrogens is 1. The second-order valence-electron chi connectivity index (χ2n) is 9.82. The number of nitrogens with one attached hydrogen (secondary N) is 2. The molecule has 0 atom stereocenters. The van der Waals surface area contributed by atoms with Crippen molar-refractivity contribution in [3.05, 3.63) is 63.8 Å². The molecule has 1 amide bonds. The molecule has 0 aromatic carbocycles. The molecular weight excluding hydrogens is 388 g/mol. The molecule has 4 bridgehead atoms. The molecule has 4 fully saturated rings. The van der Waals surface area contributed by atoms with Crippen molar-refractivity contribution >= 4 is 5.91 Å². The van der Waals surface area contributed by atoms with Crippen molar-refractivity contribution in [3.63, 3.8) is 0 Å². The van der Waals surface area contributed by atoms with E-state index in [9.17, 15) is 9.59 Å². The zero-order valence-corrected chi connectivity index (χ0v) is 18.2. The molecule has 2 N–H and O–H groups in total. The summed E-state index contributed by atoms with van der Waals surface area (Å²) in [4.78, 5) is 34.9. The molecule has 2 aromatic heterocycles. The van der Waals surface area contributed by atoms with Gasteiger partial charge in [0, 0.05) is 37.2 Å². The summed E-state index contributed by atoms with van der Waals surface area (Å²) < 4.78 is 0. The van der Waals surface area contributed by atoms with Crippen LogP contribution in [0.2, 0.25) is 0 Å². The molecule has 2 aromatic rings. The van der Waals surface area contributed by atoms with Crippen molar-refractivity contribution in [2.75, 3.05) is 6.54 Å². The van der Waals surface area contributed by atoms with Gasteiger partial charge in [0.05, 0.1) is 0 Å². The normalized spacial score (nSPS) is 28.8. The van der Waals surface area contributed by atoms with Gasteiger partial charge in [-0.25, -0.2) is 0 Å². The average Bonchev–Trinajstić information content (AvgIpc) is 2.76. The van der Waals surface area contributed by atoms with E-state index in [2.05, 4.69) is 27.1 Å². The van der Waals surface area contributed by atoms with Gasteiger partial charge >= 0.3 is 0 Å². The molecule has 31 heavy (non-hydrogen) atoms. The SMILES string of the molecule is CCN(Cc1ccncc1)Cc1ccc(C(=O)NC2C3CC4CC(C3)CC2C4)c(=O)[nH]1. The average molecular weight is 421 g/mol. The second-order valence-corrected chi connectivity index (χ2v) is 9.82. The third-order valence-electron chi connectivity index (χ3n) is 7.74. The Morgan fingerprint density at radius 3 is 2.32 bits per heavy atom. The molecular formula is C25H32N4O2.